The van der Waals surface area contributed by atoms with Gasteiger partial charge in [0.2, 0.25) is 5.95 Å². The van der Waals surface area contributed by atoms with Crippen LogP contribution in [0.15, 0.2) is 42.0 Å². The third-order valence-electron chi connectivity index (χ3n) is 4.24. The van der Waals surface area contributed by atoms with Gasteiger partial charge in [-0.25, -0.2) is 9.97 Å². The van der Waals surface area contributed by atoms with Gasteiger partial charge in [-0.05, 0) is 39.0 Å². The maximum atomic E-state index is 13.8. The standard InChI is InChI=1S/C19H19FN4O2S/c1-19(2,3)23(4)18(25)14-11-27-17(22-14)15-8-7-12(10-24(15)26)13-6-5-9-21-16(13)20/h5-11H,1-4H3. The van der Waals surface area contributed by atoms with E-state index in [0.29, 0.717) is 21.0 Å². The monoisotopic (exact) mass is 386 g/mol. The molecule has 0 radical (unpaired) electrons. The highest BCUT2D eigenvalue weighted by molar-refractivity contribution is 7.13. The van der Waals surface area contributed by atoms with Crippen molar-refractivity contribution in [3.05, 3.63) is 58.9 Å². The van der Waals surface area contributed by atoms with Gasteiger partial charge < -0.3 is 10.1 Å². The van der Waals surface area contributed by atoms with Gasteiger partial charge in [0.1, 0.15) is 5.69 Å². The lowest BCUT2D eigenvalue weighted by Gasteiger charge is -2.31. The summed E-state index contributed by atoms with van der Waals surface area (Å²) in [6.07, 6.45) is 2.63. The third-order valence-corrected chi connectivity index (χ3v) is 5.10. The van der Waals surface area contributed by atoms with Crippen LogP contribution in [-0.2, 0) is 0 Å². The Morgan fingerprint density at radius 1 is 1.30 bits per heavy atom. The number of halogens is 1. The van der Waals surface area contributed by atoms with Gasteiger partial charge in [-0.3, -0.25) is 4.79 Å². The topological polar surface area (TPSA) is 73.0 Å². The average molecular weight is 386 g/mol. The lowest BCUT2D eigenvalue weighted by molar-refractivity contribution is -0.593. The lowest BCUT2D eigenvalue weighted by Crippen LogP contribution is -2.42. The van der Waals surface area contributed by atoms with Crippen molar-refractivity contribution in [1.82, 2.24) is 14.9 Å². The molecule has 1 amide bonds. The normalized spacial score (nSPS) is 11.4. The van der Waals surface area contributed by atoms with E-state index in [9.17, 15) is 14.4 Å². The van der Waals surface area contributed by atoms with Crippen LogP contribution >= 0.6 is 11.3 Å². The van der Waals surface area contributed by atoms with Crippen LogP contribution in [0.25, 0.3) is 21.8 Å². The van der Waals surface area contributed by atoms with Crippen LogP contribution in [0.4, 0.5) is 4.39 Å². The second kappa shape index (κ2) is 7.03. The molecule has 3 aromatic rings. The quantitative estimate of drug-likeness (QED) is 0.392. The molecule has 0 aliphatic rings. The van der Waals surface area contributed by atoms with Crippen molar-refractivity contribution in [2.24, 2.45) is 0 Å². The van der Waals surface area contributed by atoms with Crippen LogP contribution < -0.4 is 4.73 Å². The Hall–Kier alpha value is -2.87. The van der Waals surface area contributed by atoms with E-state index in [-0.39, 0.29) is 22.7 Å². The zero-order valence-electron chi connectivity index (χ0n) is 15.4. The fourth-order valence-corrected chi connectivity index (χ4v) is 3.18. The number of amides is 1. The van der Waals surface area contributed by atoms with E-state index in [0.717, 1.165) is 0 Å². The van der Waals surface area contributed by atoms with Crippen molar-refractivity contribution < 1.29 is 13.9 Å². The summed E-state index contributed by atoms with van der Waals surface area (Å²) in [5.41, 5.74) is 0.907. The first-order valence-corrected chi connectivity index (χ1v) is 9.14. The van der Waals surface area contributed by atoms with Gasteiger partial charge in [-0.2, -0.15) is 9.12 Å². The van der Waals surface area contributed by atoms with Crippen molar-refractivity contribution in [2.45, 2.75) is 26.3 Å². The smallest absolute Gasteiger partial charge is 0.273 e. The zero-order valence-corrected chi connectivity index (χ0v) is 16.2. The third kappa shape index (κ3) is 3.80. The van der Waals surface area contributed by atoms with Crippen LogP contribution in [-0.4, -0.2) is 33.4 Å². The molecule has 0 fully saturated rings. The predicted molar refractivity (Wildman–Crippen MR) is 102 cm³/mol. The van der Waals surface area contributed by atoms with E-state index in [4.69, 9.17) is 0 Å². The molecule has 0 saturated heterocycles. The zero-order chi connectivity index (χ0) is 19.8. The van der Waals surface area contributed by atoms with E-state index >= 15 is 0 Å². The van der Waals surface area contributed by atoms with Gasteiger partial charge in [0, 0.05) is 35.8 Å². The van der Waals surface area contributed by atoms with Crippen molar-refractivity contribution >= 4 is 17.2 Å². The Bertz CT molecular complexity index is 997. The Kier molecular flexibility index (Phi) is 4.93. The highest BCUT2D eigenvalue weighted by atomic mass is 32.1. The average Bonchev–Trinajstić information content (AvgIpc) is 3.09. The highest BCUT2D eigenvalue weighted by Gasteiger charge is 2.26. The van der Waals surface area contributed by atoms with Gasteiger partial charge >= 0.3 is 0 Å². The SMILES string of the molecule is CN(C(=O)c1csc(-c2ccc(-c3cccnc3F)c[n+]2[O-])n1)C(C)(C)C. The summed E-state index contributed by atoms with van der Waals surface area (Å²) in [7, 11) is 1.71. The molecular weight excluding hydrogens is 367 g/mol. The highest BCUT2D eigenvalue weighted by Crippen LogP contribution is 2.26. The minimum Gasteiger partial charge on any atom is -0.618 e. The summed E-state index contributed by atoms with van der Waals surface area (Å²) in [6, 6.07) is 6.36. The second-order valence-electron chi connectivity index (χ2n) is 7.04. The molecule has 6 nitrogen and oxygen atoms in total. The molecule has 0 aromatic carbocycles. The summed E-state index contributed by atoms with van der Waals surface area (Å²) in [6.45, 7) is 5.79. The van der Waals surface area contributed by atoms with Gasteiger partial charge in [0.25, 0.3) is 11.6 Å². The molecule has 3 rings (SSSR count). The van der Waals surface area contributed by atoms with Gasteiger partial charge in [-0.1, -0.05) is 0 Å². The number of hydrogen-bond donors (Lipinski definition) is 0. The molecule has 3 aromatic heterocycles. The molecule has 3 heterocycles. The Morgan fingerprint density at radius 2 is 2.04 bits per heavy atom. The molecule has 27 heavy (non-hydrogen) atoms. The minimum absolute atomic E-state index is 0.212. The first-order valence-electron chi connectivity index (χ1n) is 8.26. The van der Waals surface area contributed by atoms with E-state index in [1.807, 2.05) is 20.8 Å². The Morgan fingerprint density at radius 3 is 2.67 bits per heavy atom. The molecule has 0 saturated carbocycles. The molecule has 0 atom stereocenters. The molecule has 0 aliphatic carbocycles. The number of rotatable bonds is 3. The number of hydrogen-bond acceptors (Lipinski definition) is 5. The maximum absolute atomic E-state index is 13.8. The summed E-state index contributed by atoms with van der Waals surface area (Å²) in [5, 5.41) is 14.5. The molecule has 0 N–H and O–H groups in total. The summed E-state index contributed by atoms with van der Waals surface area (Å²) in [5.74, 6) is -0.853. The molecule has 140 valence electrons. The van der Waals surface area contributed by atoms with Crippen molar-refractivity contribution in [3.8, 4) is 21.8 Å². The number of aromatic nitrogens is 3. The Labute approximate surface area is 160 Å². The van der Waals surface area contributed by atoms with Gasteiger partial charge in [0.05, 0.1) is 5.56 Å². The predicted octanol–water partition coefficient (Wildman–Crippen LogP) is 3.52. The summed E-state index contributed by atoms with van der Waals surface area (Å²) in [4.78, 5) is 22.0. The van der Waals surface area contributed by atoms with Crippen LogP contribution in [0.1, 0.15) is 31.3 Å². The molecular formula is C19H19FN4O2S. The van der Waals surface area contributed by atoms with Crippen LogP contribution in [0.2, 0.25) is 0 Å². The van der Waals surface area contributed by atoms with Crippen molar-refractivity contribution in [3.63, 3.8) is 0 Å². The Balaban J connectivity index is 1.91. The van der Waals surface area contributed by atoms with Crippen molar-refractivity contribution in [2.75, 3.05) is 7.05 Å². The van der Waals surface area contributed by atoms with E-state index in [1.165, 1.54) is 23.7 Å². The molecule has 0 unspecified atom stereocenters. The van der Waals surface area contributed by atoms with E-state index in [2.05, 4.69) is 9.97 Å². The van der Waals surface area contributed by atoms with E-state index in [1.54, 1.807) is 41.6 Å². The van der Waals surface area contributed by atoms with Crippen LogP contribution in [0.5, 0.6) is 0 Å². The minimum atomic E-state index is -0.641. The lowest BCUT2D eigenvalue weighted by atomic mass is 10.1. The molecule has 0 spiro atoms. The summed E-state index contributed by atoms with van der Waals surface area (Å²) >= 11 is 1.21. The van der Waals surface area contributed by atoms with Gasteiger partial charge in [-0.15, -0.1) is 11.3 Å². The second-order valence-corrected chi connectivity index (χ2v) is 7.90. The molecule has 0 bridgehead atoms. The van der Waals surface area contributed by atoms with Crippen molar-refractivity contribution in [1.29, 1.82) is 0 Å². The largest absolute Gasteiger partial charge is 0.618 e. The summed E-state index contributed by atoms with van der Waals surface area (Å²) < 4.78 is 14.4. The fourth-order valence-electron chi connectivity index (χ4n) is 2.37. The number of thiazole rings is 1. The number of nitrogens with zero attached hydrogens (tertiary/aromatic N) is 4. The van der Waals surface area contributed by atoms with Crippen LogP contribution in [0, 0.1) is 11.2 Å². The molecule has 0 aliphatic heterocycles. The maximum Gasteiger partial charge on any atom is 0.273 e. The van der Waals surface area contributed by atoms with Gasteiger partial charge in [0.15, 0.2) is 11.2 Å². The number of carbonyl (C=O) groups excluding carboxylic acids is 1. The number of pyridine rings is 2. The first kappa shape index (κ1) is 18.9. The van der Waals surface area contributed by atoms with E-state index < -0.39 is 5.95 Å². The first-order chi connectivity index (χ1) is 12.7. The van der Waals surface area contributed by atoms with Crippen LogP contribution in [0.3, 0.4) is 0 Å². The molecule has 8 heteroatoms. The fraction of sp³-hybridized carbons (Fsp3) is 0.263. The number of carbonyl (C=O) groups is 1.